The smallest absolute Gasteiger partial charge is 0.253 e. The Morgan fingerprint density at radius 2 is 1.94 bits per heavy atom. The number of aliphatic hydroxyl groups is 2. The number of likely N-dealkylation sites (tertiary alicyclic amines) is 1. The summed E-state index contributed by atoms with van der Waals surface area (Å²) in [5.74, 6) is 1.34. The third kappa shape index (κ3) is 4.04. The summed E-state index contributed by atoms with van der Waals surface area (Å²) in [6, 6.07) is 18.6. The molecule has 1 atom stereocenters. The number of benzene rings is 2. The number of hydrogen-bond acceptors (Lipinski definition) is 7. The van der Waals surface area contributed by atoms with Gasteiger partial charge in [-0.2, -0.15) is 5.26 Å². The molecule has 0 radical (unpaired) electrons. The fourth-order valence-electron chi connectivity index (χ4n) is 4.90. The number of carbonyl (C=O) groups excluding carboxylic acids is 1. The summed E-state index contributed by atoms with van der Waals surface area (Å²) in [6.45, 7) is 0.467. The number of para-hydroxylation sites is 2. The number of amides is 1. The van der Waals surface area contributed by atoms with E-state index in [0.29, 0.717) is 48.7 Å². The molecule has 2 aliphatic heterocycles. The molecule has 0 saturated carbocycles. The molecule has 0 aliphatic carbocycles. The van der Waals surface area contributed by atoms with Gasteiger partial charge in [-0.05, 0) is 42.5 Å². The molecule has 0 unspecified atom stereocenters. The molecule has 1 aromatic heterocycles. The van der Waals surface area contributed by atoms with Crippen molar-refractivity contribution in [3.8, 4) is 29.0 Å². The minimum atomic E-state index is -1.00. The maximum atomic E-state index is 13.3. The van der Waals surface area contributed by atoms with Crippen LogP contribution in [0.1, 0.15) is 34.6 Å². The molecule has 2 aromatic carbocycles. The van der Waals surface area contributed by atoms with Gasteiger partial charge in [-0.15, -0.1) is 0 Å². The van der Waals surface area contributed by atoms with Crippen LogP contribution in [0, 0.1) is 11.3 Å². The van der Waals surface area contributed by atoms with E-state index in [-0.39, 0.29) is 12.5 Å². The molecule has 1 spiro atoms. The van der Waals surface area contributed by atoms with E-state index in [2.05, 4.69) is 6.07 Å². The number of nitriles is 1. The lowest BCUT2D eigenvalue weighted by atomic mass is 9.86. The predicted octanol–water partition coefficient (Wildman–Crippen LogP) is 2.61. The average molecular weight is 490 g/mol. The highest BCUT2D eigenvalue weighted by Gasteiger charge is 2.45. The first-order chi connectivity index (χ1) is 17.5. The number of fused-ring (bicyclic) bond motifs is 4. The predicted molar refractivity (Wildman–Crippen MR) is 130 cm³/mol. The topological polar surface area (TPSA) is 117 Å². The van der Waals surface area contributed by atoms with E-state index in [9.17, 15) is 15.2 Å². The van der Waals surface area contributed by atoms with Crippen molar-refractivity contribution in [2.24, 2.45) is 0 Å². The van der Waals surface area contributed by atoms with Crippen LogP contribution in [-0.4, -0.2) is 65.1 Å². The van der Waals surface area contributed by atoms with E-state index >= 15 is 0 Å². The van der Waals surface area contributed by atoms with Gasteiger partial charge in [0.05, 0.1) is 25.1 Å². The lowest BCUT2D eigenvalue weighted by Gasteiger charge is -2.45. The molecule has 0 bridgehead atoms. The van der Waals surface area contributed by atoms with Crippen LogP contribution >= 0.6 is 0 Å². The van der Waals surface area contributed by atoms with E-state index in [4.69, 9.17) is 19.3 Å². The standard InChI is InChI=1S/C27H27N3O6/c1-34-24-14-18(6-8-23(24)35-17-20(32)16-31)26(33)29-12-10-27(11-13-29)25-9-7-19(15-28)30(25)21-4-2-3-5-22(21)36-27/h2-9,14,20,31-32H,10-13,16-17H2,1H3/t20-/m0/s1. The number of aromatic nitrogens is 1. The molecule has 9 heteroatoms. The third-order valence-electron chi connectivity index (χ3n) is 6.78. The molecule has 1 amide bonds. The number of hydrogen-bond donors (Lipinski definition) is 2. The average Bonchev–Trinajstić information content (AvgIpc) is 3.37. The van der Waals surface area contributed by atoms with E-state index in [0.717, 1.165) is 17.1 Å². The van der Waals surface area contributed by atoms with Crippen molar-refractivity contribution in [1.82, 2.24) is 9.47 Å². The lowest BCUT2D eigenvalue weighted by molar-refractivity contribution is -0.00938. The third-order valence-corrected chi connectivity index (χ3v) is 6.78. The van der Waals surface area contributed by atoms with Crippen molar-refractivity contribution < 1.29 is 29.2 Å². The summed E-state index contributed by atoms with van der Waals surface area (Å²) in [5, 5.41) is 28.2. The first kappa shape index (κ1) is 23.7. The Labute approximate surface area is 208 Å². The van der Waals surface area contributed by atoms with E-state index in [1.165, 1.54) is 7.11 Å². The summed E-state index contributed by atoms with van der Waals surface area (Å²) in [5.41, 5.74) is 2.17. The summed E-state index contributed by atoms with van der Waals surface area (Å²) >= 11 is 0. The Balaban J connectivity index is 1.34. The zero-order chi connectivity index (χ0) is 25.3. The molecule has 186 valence electrons. The first-order valence-corrected chi connectivity index (χ1v) is 11.8. The molecule has 36 heavy (non-hydrogen) atoms. The van der Waals surface area contributed by atoms with Crippen LogP contribution in [-0.2, 0) is 5.60 Å². The second-order valence-corrected chi connectivity index (χ2v) is 8.92. The molecular formula is C27H27N3O6. The van der Waals surface area contributed by atoms with Crippen LogP contribution < -0.4 is 14.2 Å². The molecular weight excluding hydrogens is 462 g/mol. The minimum Gasteiger partial charge on any atom is -0.493 e. The number of aliphatic hydroxyl groups excluding tert-OH is 2. The number of nitrogens with zero attached hydrogens (tertiary/aromatic N) is 3. The molecule has 3 heterocycles. The van der Waals surface area contributed by atoms with Crippen LogP contribution in [0.3, 0.4) is 0 Å². The highest BCUT2D eigenvalue weighted by molar-refractivity contribution is 5.95. The van der Waals surface area contributed by atoms with Crippen molar-refractivity contribution in [2.75, 3.05) is 33.4 Å². The van der Waals surface area contributed by atoms with Crippen LogP contribution in [0.4, 0.5) is 0 Å². The van der Waals surface area contributed by atoms with Gasteiger partial charge in [0.2, 0.25) is 0 Å². The van der Waals surface area contributed by atoms with Crippen molar-refractivity contribution in [1.29, 1.82) is 5.26 Å². The second-order valence-electron chi connectivity index (χ2n) is 8.92. The monoisotopic (exact) mass is 489 g/mol. The maximum absolute atomic E-state index is 13.3. The van der Waals surface area contributed by atoms with Crippen LogP contribution in [0.2, 0.25) is 0 Å². The first-order valence-electron chi connectivity index (χ1n) is 11.8. The fraction of sp³-hybridized carbons (Fsp3) is 0.333. The van der Waals surface area contributed by atoms with E-state index in [1.54, 1.807) is 23.1 Å². The SMILES string of the molecule is COc1cc(C(=O)N2CCC3(CC2)Oc2ccccc2-n2c(C#N)ccc23)ccc1OC[C@@H](O)CO. The normalized spacial score (nSPS) is 16.3. The van der Waals surface area contributed by atoms with Gasteiger partial charge in [0.1, 0.15) is 30.2 Å². The van der Waals surface area contributed by atoms with Crippen molar-refractivity contribution >= 4 is 5.91 Å². The molecule has 1 fully saturated rings. The van der Waals surface area contributed by atoms with Gasteiger partial charge in [0.25, 0.3) is 5.91 Å². The maximum Gasteiger partial charge on any atom is 0.253 e. The summed E-state index contributed by atoms with van der Waals surface area (Å²) in [7, 11) is 1.48. The van der Waals surface area contributed by atoms with E-state index in [1.807, 2.05) is 41.0 Å². The summed E-state index contributed by atoms with van der Waals surface area (Å²) < 4.78 is 19.4. The molecule has 9 nitrogen and oxygen atoms in total. The van der Waals surface area contributed by atoms with Gasteiger partial charge < -0.3 is 29.3 Å². The van der Waals surface area contributed by atoms with Gasteiger partial charge in [0, 0.05) is 31.5 Å². The highest BCUT2D eigenvalue weighted by atomic mass is 16.5. The Morgan fingerprint density at radius 1 is 1.17 bits per heavy atom. The Kier molecular flexibility index (Phi) is 6.31. The van der Waals surface area contributed by atoms with Gasteiger partial charge in [0.15, 0.2) is 17.1 Å². The van der Waals surface area contributed by atoms with Crippen molar-refractivity contribution in [3.63, 3.8) is 0 Å². The molecule has 5 rings (SSSR count). The largest absolute Gasteiger partial charge is 0.493 e. The quantitative estimate of drug-likeness (QED) is 0.547. The molecule has 2 N–H and O–H groups in total. The zero-order valence-electron chi connectivity index (χ0n) is 19.9. The van der Waals surface area contributed by atoms with Gasteiger partial charge in [-0.1, -0.05) is 12.1 Å². The van der Waals surface area contributed by atoms with Gasteiger partial charge >= 0.3 is 0 Å². The van der Waals surface area contributed by atoms with Crippen LogP contribution in [0.5, 0.6) is 17.2 Å². The fourth-order valence-corrected chi connectivity index (χ4v) is 4.90. The molecule has 3 aromatic rings. The molecule has 1 saturated heterocycles. The zero-order valence-corrected chi connectivity index (χ0v) is 19.9. The minimum absolute atomic E-state index is 0.0905. The highest BCUT2D eigenvalue weighted by Crippen LogP contribution is 2.46. The Morgan fingerprint density at radius 3 is 2.67 bits per heavy atom. The number of methoxy groups -OCH3 is 1. The van der Waals surface area contributed by atoms with Crippen molar-refractivity contribution in [3.05, 3.63) is 71.5 Å². The van der Waals surface area contributed by atoms with Crippen LogP contribution in [0.25, 0.3) is 5.69 Å². The lowest BCUT2D eigenvalue weighted by Crippen LogP contribution is -2.50. The van der Waals surface area contributed by atoms with Crippen molar-refractivity contribution in [2.45, 2.75) is 24.5 Å². The molecule has 2 aliphatic rings. The summed E-state index contributed by atoms with van der Waals surface area (Å²) in [6.07, 6.45) is 0.162. The number of ether oxygens (including phenoxy) is 3. The Bertz CT molecular complexity index is 1320. The number of rotatable bonds is 6. The number of carbonyl (C=O) groups is 1. The van der Waals surface area contributed by atoms with Crippen LogP contribution in [0.15, 0.2) is 54.6 Å². The van der Waals surface area contributed by atoms with Gasteiger partial charge in [-0.25, -0.2) is 0 Å². The summed E-state index contributed by atoms with van der Waals surface area (Å²) in [4.78, 5) is 15.1. The van der Waals surface area contributed by atoms with Gasteiger partial charge in [-0.3, -0.25) is 9.36 Å². The Hall–Kier alpha value is -4.00. The van der Waals surface area contributed by atoms with E-state index < -0.39 is 18.3 Å². The second kappa shape index (κ2) is 9.57. The number of piperidine rings is 1.